The molecule has 0 saturated carbocycles. The van der Waals surface area contributed by atoms with Crippen molar-refractivity contribution in [3.63, 3.8) is 0 Å². The number of aromatic nitrogens is 2. The van der Waals surface area contributed by atoms with Gasteiger partial charge in [-0.2, -0.15) is 0 Å². The van der Waals surface area contributed by atoms with Crippen LogP contribution in [0.3, 0.4) is 0 Å². The number of nitrogens with zero attached hydrogens (tertiary/aromatic N) is 5. The van der Waals surface area contributed by atoms with Crippen LogP contribution in [0.25, 0.3) is 0 Å². The monoisotopic (exact) mass is 401 g/mol. The molecule has 0 aliphatic carbocycles. The predicted octanol–water partition coefficient (Wildman–Crippen LogP) is 4.50. The average Bonchev–Trinajstić information content (AvgIpc) is 2.63. The second kappa shape index (κ2) is 10.9. The van der Waals surface area contributed by atoms with Gasteiger partial charge in [-0.25, -0.2) is 15.0 Å². The molecule has 0 aromatic carbocycles. The summed E-state index contributed by atoms with van der Waals surface area (Å²) in [6, 6.07) is 0. The highest BCUT2D eigenvalue weighted by Gasteiger charge is 2.24. The van der Waals surface area contributed by atoms with E-state index in [-0.39, 0.29) is 11.8 Å². The van der Waals surface area contributed by atoms with Crippen molar-refractivity contribution in [3.05, 3.63) is 28.6 Å². The van der Waals surface area contributed by atoms with Crippen LogP contribution in [0.4, 0.5) is 5.82 Å². The first-order chi connectivity index (χ1) is 13.6. The lowest BCUT2D eigenvalue weighted by Crippen LogP contribution is -2.35. The maximum absolute atomic E-state index is 4.74. The molecular formula is C22H39N7. The van der Waals surface area contributed by atoms with Crippen LogP contribution < -0.4 is 10.7 Å². The van der Waals surface area contributed by atoms with Gasteiger partial charge in [-0.05, 0) is 38.3 Å². The van der Waals surface area contributed by atoms with Gasteiger partial charge in [0.2, 0.25) is 0 Å². The maximum atomic E-state index is 4.74. The molecule has 0 aliphatic rings. The standard InChI is InChI=1S/C22H39N7/c1-12-25-19(15(6)7)20(22(23-9)24-10)29(11)28-21-17(13(2)3)18(14(4)5)26-16(8)27-21/h13-15,24H,9,12H2,1-8,10-11H3,(H,26,27,28)/b22-20-,25-19-. The Morgan fingerprint density at radius 3 is 2.14 bits per heavy atom. The van der Waals surface area contributed by atoms with Gasteiger partial charge >= 0.3 is 0 Å². The third-order valence-electron chi connectivity index (χ3n) is 4.56. The lowest BCUT2D eigenvalue weighted by Gasteiger charge is -2.30. The van der Waals surface area contributed by atoms with Gasteiger partial charge in [-0.1, -0.05) is 41.5 Å². The minimum Gasteiger partial charge on any atom is -0.371 e. The van der Waals surface area contributed by atoms with Crippen molar-refractivity contribution >= 4 is 18.2 Å². The first-order valence-corrected chi connectivity index (χ1v) is 10.4. The normalized spacial score (nSPS) is 13.1. The van der Waals surface area contributed by atoms with E-state index in [0.29, 0.717) is 18.3 Å². The highest BCUT2D eigenvalue weighted by Crippen LogP contribution is 2.31. The zero-order chi connectivity index (χ0) is 22.3. The number of aliphatic imine (C=N–C) groups is 2. The first kappa shape index (κ1) is 24.6. The van der Waals surface area contributed by atoms with Gasteiger partial charge in [0.15, 0.2) is 11.6 Å². The minimum atomic E-state index is 0.224. The molecule has 1 rings (SSSR count). The quantitative estimate of drug-likeness (QED) is 0.446. The van der Waals surface area contributed by atoms with Gasteiger partial charge in [0, 0.05) is 26.2 Å². The lowest BCUT2D eigenvalue weighted by molar-refractivity contribution is 0.503. The van der Waals surface area contributed by atoms with Crippen molar-refractivity contribution in [3.8, 4) is 0 Å². The number of rotatable bonds is 10. The fourth-order valence-corrected chi connectivity index (χ4v) is 3.34. The zero-order valence-corrected chi connectivity index (χ0v) is 19.9. The van der Waals surface area contributed by atoms with Gasteiger partial charge in [0.05, 0.1) is 11.4 Å². The molecule has 0 spiro atoms. The number of anilines is 1. The van der Waals surface area contributed by atoms with Crippen molar-refractivity contribution in [1.29, 1.82) is 0 Å². The van der Waals surface area contributed by atoms with Crippen molar-refractivity contribution in [2.24, 2.45) is 15.9 Å². The van der Waals surface area contributed by atoms with Crippen LogP contribution >= 0.6 is 0 Å². The van der Waals surface area contributed by atoms with E-state index in [1.165, 1.54) is 0 Å². The summed E-state index contributed by atoms with van der Waals surface area (Å²) < 4.78 is 0. The number of hydrogen-bond donors (Lipinski definition) is 2. The summed E-state index contributed by atoms with van der Waals surface area (Å²) in [7, 11) is 3.80. The van der Waals surface area contributed by atoms with E-state index in [2.05, 4.69) is 64.0 Å². The third kappa shape index (κ3) is 6.02. The van der Waals surface area contributed by atoms with Gasteiger partial charge in [-0.3, -0.25) is 15.4 Å². The summed E-state index contributed by atoms with van der Waals surface area (Å²) >= 11 is 0. The molecule has 0 radical (unpaired) electrons. The molecule has 1 heterocycles. The van der Waals surface area contributed by atoms with E-state index < -0.39 is 0 Å². The summed E-state index contributed by atoms with van der Waals surface area (Å²) in [5, 5.41) is 5.08. The summed E-state index contributed by atoms with van der Waals surface area (Å²) in [6.07, 6.45) is 0. The Morgan fingerprint density at radius 1 is 1.10 bits per heavy atom. The molecule has 1 aromatic heterocycles. The van der Waals surface area contributed by atoms with E-state index in [1.807, 2.05) is 33.0 Å². The lowest BCUT2D eigenvalue weighted by atomic mass is 9.95. The summed E-state index contributed by atoms with van der Waals surface area (Å²) in [4.78, 5) is 18.4. The summed E-state index contributed by atoms with van der Waals surface area (Å²) in [6.45, 7) is 21.3. The van der Waals surface area contributed by atoms with Crippen LogP contribution in [0.15, 0.2) is 21.5 Å². The molecule has 0 fully saturated rings. The fourth-order valence-electron chi connectivity index (χ4n) is 3.34. The molecule has 0 unspecified atom stereocenters. The van der Waals surface area contributed by atoms with Gasteiger partial charge in [0.25, 0.3) is 0 Å². The molecular weight excluding hydrogens is 362 g/mol. The molecule has 0 aliphatic heterocycles. The Balaban J connectivity index is 3.60. The SMILES string of the molecule is C=N/C(NC)=C(\C(=N/CC)C(C)C)N(C)Nc1nc(C)nc(C(C)C)c1C(C)C. The maximum Gasteiger partial charge on any atom is 0.152 e. The molecule has 162 valence electrons. The van der Waals surface area contributed by atoms with E-state index in [0.717, 1.165) is 34.3 Å². The average molecular weight is 402 g/mol. The molecule has 7 nitrogen and oxygen atoms in total. The van der Waals surface area contributed by atoms with Crippen molar-refractivity contribution < 1.29 is 0 Å². The van der Waals surface area contributed by atoms with Crippen LogP contribution in [0.5, 0.6) is 0 Å². The van der Waals surface area contributed by atoms with Gasteiger partial charge < -0.3 is 5.32 Å². The highest BCUT2D eigenvalue weighted by molar-refractivity contribution is 6.01. The van der Waals surface area contributed by atoms with Crippen LogP contribution in [-0.2, 0) is 0 Å². The predicted molar refractivity (Wildman–Crippen MR) is 125 cm³/mol. The summed E-state index contributed by atoms with van der Waals surface area (Å²) in [5.74, 6) is 3.05. The van der Waals surface area contributed by atoms with Crippen LogP contribution in [-0.4, -0.2) is 48.0 Å². The molecule has 2 N–H and O–H groups in total. The van der Waals surface area contributed by atoms with Crippen molar-refractivity contribution in [1.82, 2.24) is 20.3 Å². The Labute approximate surface area is 176 Å². The van der Waals surface area contributed by atoms with E-state index in [4.69, 9.17) is 15.0 Å². The zero-order valence-electron chi connectivity index (χ0n) is 19.9. The second-order valence-electron chi connectivity index (χ2n) is 8.02. The molecule has 0 amide bonds. The third-order valence-corrected chi connectivity index (χ3v) is 4.56. The molecule has 7 heteroatoms. The molecule has 0 bridgehead atoms. The molecule has 29 heavy (non-hydrogen) atoms. The molecule has 0 atom stereocenters. The van der Waals surface area contributed by atoms with E-state index >= 15 is 0 Å². The Hall–Kier alpha value is -2.44. The number of allylic oxidation sites excluding steroid dienone is 1. The van der Waals surface area contributed by atoms with E-state index in [1.54, 1.807) is 0 Å². The summed E-state index contributed by atoms with van der Waals surface area (Å²) in [5.41, 5.74) is 7.51. The Bertz CT molecular complexity index is 761. The topological polar surface area (TPSA) is 77.8 Å². The number of hydrogen-bond acceptors (Lipinski definition) is 7. The fraction of sp³-hybridized carbons (Fsp3) is 0.636. The molecule has 0 saturated heterocycles. The van der Waals surface area contributed by atoms with Crippen LogP contribution in [0, 0.1) is 12.8 Å². The number of nitrogens with one attached hydrogen (secondary N) is 2. The van der Waals surface area contributed by atoms with E-state index in [9.17, 15) is 0 Å². The van der Waals surface area contributed by atoms with Crippen LogP contribution in [0.1, 0.15) is 77.4 Å². The number of hydrazine groups is 1. The van der Waals surface area contributed by atoms with Gasteiger partial charge in [0.1, 0.15) is 11.5 Å². The number of aryl methyl sites for hydroxylation is 1. The second-order valence-corrected chi connectivity index (χ2v) is 8.02. The van der Waals surface area contributed by atoms with Crippen LogP contribution in [0.2, 0.25) is 0 Å². The Kier molecular flexibility index (Phi) is 9.27. The van der Waals surface area contributed by atoms with Gasteiger partial charge in [-0.15, -0.1) is 0 Å². The largest absolute Gasteiger partial charge is 0.371 e. The molecule has 1 aromatic rings. The van der Waals surface area contributed by atoms with Crippen molar-refractivity contribution in [2.45, 2.75) is 67.2 Å². The first-order valence-electron chi connectivity index (χ1n) is 10.4. The minimum absolute atomic E-state index is 0.224. The Morgan fingerprint density at radius 2 is 1.72 bits per heavy atom. The highest BCUT2D eigenvalue weighted by atomic mass is 15.5. The van der Waals surface area contributed by atoms with Crippen molar-refractivity contribution in [2.75, 3.05) is 26.1 Å². The smallest absolute Gasteiger partial charge is 0.152 e.